The highest BCUT2D eigenvalue weighted by Crippen LogP contribution is 2.46. The van der Waals surface area contributed by atoms with Crippen LogP contribution in [0.5, 0.6) is 0 Å². The van der Waals surface area contributed by atoms with Gasteiger partial charge in [0.1, 0.15) is 13.4 Å². The van der Waals surface area contributed by atoms with Crippen molar-refractivity contribution in [3.63, 3.8) is 0 Å². The number of halogens is 3. The van der Waals surface area contributed by atoms with Crippen LogP contribution < -0.4 is 0 Å². The van der Waals surface area contributed by atoms with Crippen molar-refractivity contribution in [1.29, 1.82) is 0 Å². The number of fused-ring (bicyclic) bond motifs is 4. The Morgan fingerprint density at radius 3 is 1.77 bits per heavy atom. The predicted octanol–water partition coefficient (Wildman–Crippen LogP) is 9.29. The van der Waals surface area contributed by atoms with Crippen molar-refractivity contribution >= 4 is 58.1 Å². The summed E-state index contributed by atoms with van der Waals surface area (Å²) in [6, 6.07) is 33.8. The van der Waals surface area contributed by atoms with Gasteiger partial charge >= 0.3 is 5.97 Å². The van der Waals surface area contributed by atoms with Crippen LogP contribution in [0.1, 0.15) is 76.7 Å². The van der Waals surface area contributed by atoms with Crippen LogP contribution in [0.2, 0.25) is 0 Å². The van der Waals surface area contributed by atoms with E-state index in [0.29, 0.717) is 0 Å². The molecule has 2 spiro atoms. The molecule has 3 saturated heterocycles. The molecule has 5 aliphatic rings. The van der Waals surface area contributed by atoms with E-state index in [4.69, 9.17) is 22.1 Å². The van der Waals surface area contributed by atoms with Gasteiger partial charge in [0.05, 0.1) is 17.8 Å². The Balaban J connectivity index is 0.000000151. The number of carbonyl (C=O) groups excluding carboxylic acids is 1. The minimum Gasteiger partial charge on any atom is -0.450 e. The van der Waals surface area contributed by atoms with Crippen molar-refractivity contribution in [2.45, 2.75) is 75.4 Å². The summed E-state index contributed by atoms with van der Waals surface area (Å²) in [5.74, 6) is -0.183. The van der Waals surface area contributed by atoms with Crippen LogP contribution >= 0.6 is 44.3 Å². The van der Waals surface area contributed by atoms with E-state index in [1.165, 1.54) is 22.3 Å². The Labute approximate surface area is 332 Å². The maximum absolute atomic E-state index is 12.2. The topological polar surface area (TPSA) is 51.2 Å². The molecule has 6 nitrogen and oxygen atoms in total. The largest absolute Gasteiger partial charge is 0.450 e. The average Bonchev–Trinajstić information content (AvgIpc) is 3.84. The van der Waals surface area contributed by atoms with Crippen LogP contribution in [0.4, 0.5) is 0 Å². The van der Waals surface area contributed by atoms with Gasteiger partial charge in [0.2, 0.25) is 0 Å². The Hall–Kier alpha value is -2.50. The van der Waals surface area contributed by atoms with Gasteiger partial charge in [0.15, 0.2) is 0 Å². The van der Waals surface area contributed by atoms with E-state index in [2.05, 4.69) is 114 Å². The molecule has 0 aliphatic carbocycles. The molecule has 10 heteroatoms. The first-order chi connectivity index (χ1) is 24.8. The van der Waals surface area contributed by atoms with Crippen molar-refractivity contribution in [2.24, 2.45) is 0 Å². The maximum Gasteiger partial charge on any atom is 0.339 e. The number of ether oxygens (including phenoxy) is 3. The number of likely N-dealkylation sites (tertiary alicyclic amines) is 2. The molecule has 5 heterocycles. The van der Waals surface area contributed by atoms with Crippen molar-refractivity contribution in [1.82, 2.24) is 9.80 Å². The molecular formula is C42H46BBr2ClN2O4. The Bertz CT molecular complexity index is 1780. The molecule has 52 heavy (non-hydrogen) atoms. The standard InChI is InChI=1S/C19H18BrNO2.C19H20BrNO.C4H7BO.ClH/c20-15-6-7-17-16(12-15)18(22)23-19(17)8-10-21(11-9-19)13-14-4-2-1-3-5-14;20-17-6-7-18-16(12-17)14-22-19(18)8-10-21(11-9-19)13-15-4-2-1-3-5-15;5-4-2-1-3-6-4;/h1-7,12H,8-11,13H2;1-7,12H,8-11,13-14H2;4H,1-3H2;1H. The first kappa shape index (κ1) is 39.2. The third kappa shape index (κ3) is 9.23. The maximum atomic E-state index is 12.2. The fraction of sp³-hybridized carbons (Fsp3) is 0.405. The number of nitrogens with zero attached hydrogens (tertiary/aromatic N) is 2. The molecule has 5 aliphatic heterocycles. The Morgan fingerprint density at radius 2 is 1.25 bits per heavy atom. The van der Waals surface area contributed by atoms with Gasteiger partial charge in [-0.05, 0) is 72.2 Å². The van der Waals surface area contributed by atoms with Gasteiger partial charge in [-0.3, -0.25) is 9.80 Å². The minimum absolute atomic E-state index is 0. The van der Waals surface area contributed by atoms with Crippen LogP contribution in [0.3, 0.4) is 0 Å². The summed E-state index contributed by atoms with van der Waals surface area (Å²) in [6.07, 6.45) is 6.09. The minimum atomic E-state index is -0.416. The SMILES string of the molecule is Brc1ccc2c(c1)COC21CCN(Cc2ccccc2)CC1.Cl.O=C1OC2(CCN(Cc3ccccc3)CC2)c2ccc(Br)cc21.[B]C1CCCO1. The molecule has 2 radical (unpaired) electrons. The average molecular weight is 849 g/mol. The fourth-order valence-corrected chi connectivity index (χ4v) is 8.78. The summed E-state index contributed by atoms with van der Waals surface area (Å²) >= 11 is 7.00. The summed E-state index contributed by atoms with van der Waals surface area (Å²) in [5.41, 5.74) is 6.82. The second kappa shape index (κ2) is 17.8. The van der Waals surface area contributed by atoms with Gasteiger partial charge in [0.25, 0.3) is 0 Å². The van der Waals surface area contributed by atoms with Gasteiger partial charge < -0.3 is 14.2 Å². The lowest BCUT2D eigenvalue weighted by Gasteiger charge is -2.39. The summed E-state index contributed by atoms with van der Waals surface area (Å²) in [4.78, 5) is 17.2. The Morgan fingerprint density at radius 1 is 0.712 bits per heavy atom. The molecule has 9 rings (SSSR count). The second-order valence-electron chi connectivity index (χ2n) is 14.2. The van der Waals surface area contributed by atoms with E-state index in [1.54, 1.807) is 0 Å². The summed E-state index contributed by atoms with van der Waals surface area (Å²) in [6.45, 7) is 7.71. The van der Waals surface area contributed by atoms with Crippen LogP contribution in [0, 0.1) is 0 Å². The van der Waals surface area contributed by atoms with Gasteiger partial charge in [-0.1, -0.05) is 105 Å². The van der Waals surface area contributed by atoms with E-state index in [-0.39, 0.29) is 30.0 Å². The summed E-state index contributed by atoms with van der Waals surface area (Å²) in [7, 11) is 5.31. The third-order valence-electron chi connectivity index (χ3n) is 10.8. The van der Waals surface area contributed by atoms with Gasteiger partial charge in [-0.25, -0.2) is 4.79 Å². The number of benzene rings is 4. The number of piperidine rings is 2. The van der Waals surface area contributed by atoms with Gasteiger partial charge in [0, 0.05) is 79.2 Å². The van der Waals surface area contributed by atoms with E-state index in [9.17, 15) is 4.79 Å². The summed E-state index contributed by atoms with van der Waals surface area (Å²) in [5, 5.41) is 0. The fourth-order valence-electron chi connectivity index (χ4n) is 8.01. The molecule has 0 bridgehead atoms. The van der Waals surface area contributed by atoms with Crippen molar-refractivity contribution < 1.29 is 19.0 Å². The lowest BCUT2D eigenvalue weighted by molar-refractivity contribution is -0.0799. The van der Waals surface area contributed by atoms with Crippen LogP contribution in [0.25, 0.3) is 0 Å². The number of rotatable bonds is 4. The van der Waals surface area contributed by atoms with Crippen molar-refractivity contribution in [3.05, 3.63) is 139 Å². The lowest BCUT2D eigenvalue weighted by Crippen LogP contribution is -2.42. The highest BCUT2D eigenvalue weighted by Gasteiger charge is 2.47. The van der Waals surface area contributed by atoms with Crippen LogP contribution in [0.15, 0.2) is 106 Å². The zero-order chi connectivity index (χ0) is 35.3. The normalized spacial score (nSPS) is 21.2. The first-order valence-electron chi connectivity index (χ1n) is 18.2. The first-order valence-corrected chi connectivity index (χ1v) is 19.8. The van der Waals surface area contributed by atoms with Gasteiger partial charge in [-0.2, -0.15) is 0 Å². The molecule has 272 valence electrons. The number of carbonyl (C=O) groups is 1. The van der Waals surface area contributed by atoms with E-state index in [1.807, 2.05) is 24.3 Å². The second-order valence-corrected chi connectivity index (χ2v) is 16.1. The molecule has 1 atom stereocenters. The molecule has 3 fully saturated rings. The zero-order valence-electron chi connectivity index (χ0n) is 29.5. The molecule has 0 saturated carbocycles. The van der Waals surface area contributed by atoms with Gasteiger partial charge in [-0.15, -0.1) is 12.4 Å². The molecular weight excluding hydrogens is 803 g/mol. The lowest BCUT2D eigenvalue weighted by atomic mass is 9.83. The van der Waals surface area contributed by atoms with E-state index >= 15 is 0 Å². The Kier molecular flexibility index (Phi) is 13.4. The third-order valence-corrected chi connectivity index (χ3v) is 11.8. The molecule has 4 aromatic rings. The smallest absolute Gasteiger partial charge is 0.339 e. The highest BCUT2D eigenvalue weighted by atomic mass is 79.9. The summed E-state index contributed by atoms with van der Waals surface area (Å²) < 4.78 is 19.1. The molecule has 0 aromatic heterocycles. The van der Waals surface area contributed by atoms with Crippen LogP contribution in [-0.4, -0.2) is 62.4 Å². The number of esters is 1. The number of hydrogen-bond acceptors (Lipinski definition) is 6. The highest BCUT2D eigenvalue weighted by molar-refractivity contribution is 9.10. The van der Waals surface area contributed by atoms with Crippen molar-refractivity contribution in [2.75, 3.05) is 32.8 Å². The van der Waals surface area contributed by atoms with E-state index in [0.717, 1.165) is 111 Å². The molecule has 4 aromatic carbocycles. The monoisotopic (exact) mass is 846 g/mol. The van der Waals surface area contributed by atoms with Crippen molar-refractivity contribution in [3.8, 4) is 0 Å². The predicted molar refractivity (Wildman–Crippen MR) is 216 cm³/mol. The number of hydrogen-bond donors (Lipinski definition) is 0. The molecule has 1 unspecified atom stereocenters. The van der Waals surface area contributed by atoms with E-state index < -0.39 is 5.60 Å². The zero-order valence-corrected chi connectivity index (χ0v) is 33.5. The molecule has 0 amide bonds. The molecule has 0 N–H and O–H groups in total. The quantitative estimate of drug-likeness (QED) is 0.151. The van der Waals surface area contributed by atoms with Crippen LogP contribution in [-0.2, 0) is 45.1 Å².